The molecule has 4 rings (SSSR count). The Balaban J connectivity index is 1.56. The Labute approximate surface area is 174 Å². The summed E-state index contributed by atoms with van der Waals surface area (Å²) in [6.45, 7) is 0.640. The molecule has 1 amide bonds. The van der Waals surface area contributed by atoms with Crippen molar-refractivity contribution in [2.75, 3.05) is 19.7 Å². The molecule has 1 unspecified atom stereocenters. The minimum absolute atomic E-state index is 0.00524. The van der Waals surface area contributed by atoms with E-state index in [0.717, 1.165) is 0 Å². The van der Waals surface area contributed by atoms with Gasteiger partial charge < -0.3 is 19.0 Å². The molecule has 9 heteroatoms. The van der Waals surface area contributed by atoms with Crippen molar-refractivity contribution in [3.05, 3.63) is 80.0 Å². The van der Waals surface area contributed by atoms with Gasteiger partial charge in [-0.2, -0.15) is 0 Å². The molecule has 0 saturated carbocycles. The van der Waals surface area contributed by atoms with Gasteiger partial charge in [0, 0.05) is 17.1 Å². The van der Waals surface area contributed by atoms with Crippen molar-refractivity contribution < 1.29 is 18.3 Å². The van der Waals surface area contributed by atoms with Crippen molar-refractivity contribution in [2.24, 2.45) is 0 Å². The first-order valence-corrected chi connectivity index (χ1v) is 9.52. The molecule has 1 aliphatic rings. The van der Waals surface area contributed by atoms with Crippen molar-refractivity contribution in [1.82, 2.24) is 9.88 Å². The fourth-order valence-electron chi connectivity index (χ4n) is 3.19. The number of furan rings is 1. The minimum atomic E-state index is -0.631. The summed E-state index contributed by atoms with van der Waals surface area (Å²) in [5, 5.41) is 0.155. The topological polar surface area (TPSA) is 75.5 Å². The molecule has 1 aliphatic heterocycles. The van der Waals surface area contributed by atoms with Crippen LogP contribution < -0.4 is 5.56 Å². The number of nitrogens with one attached hydrogen (secondary N) is 1. The maximum absolute atomic E-state index is 13.9. The van der Waals surface area contributed by atoms with Crippen LogP contribution in [0.4, 0.5) is 4.39 Å². The number of hydrogen-bond acceptors (Lipinski definition) is 4. The molecule has 0 aliphatic carbocycles. The maximum atomic E-state index is 13.9. The Morgan fingerprint density at radius 2 is 2.03 bits per heavy atom. The molecule has 3 heterocycles. The Hall–Kier alpha value is -2.61. The van der Waals surface area contributed by atoms with Crippen LogP contribution in [-0.2, 0) is 4.74 Å². The van der Waals surface area contributed by atoms with Gasteiger partial charge in [-0.25, -0.2) is 4.39 Å². The second-order valence-electron chi connectivity index (χ2n) is 6.49. The SMILES string of the molecule is O=C(c1ccc(-c2ccco2)[nH]c1=O)N1CCOC(c2cc(F)c(Cl)cc2Cl)C1. The van der Waals surface area contributed by atoms with Gasteiger partial charge in [0.2, 0.25) is 0 Å². The summed E-state index contributed by atoms with van der Waals surface area (Å²) in [6, 6.07) is 8.97. The number of hydrogen-bond donors (Lipinski definition) is 1. The van der Waals surface area contributed by atoms with E-state index in [9.17, 15) is 14.0 Å². The van der Waals surface area contributed by atoms with E-state index in [-0.39, 0.29) is 28.8 Å². The van der Waals surface area contributed by atoms with Crippen LogP contribution >= 0.6 is 23.2 Å². The van der Waals surface area contributed by atoms with E-state index < -0.39 is 23.4 Å². The molecule has 3 aromatic rings. The fourth-order valence-corrected chi connectivity index (χ4v) is 3.70. The summed E-state index contributed by atoms with van der Waals surface area (Å²) >= 11 is 11.9. The molecule has 0 radical (unpaired) electrons. The van der Waals surface area contributed by atoms with Crippen LogP contribution in [0.15, 0.2) is 51.9 Å². The fraction of sp³-hybridized carbons (Fsp3) is 0.200. The smallest absolute Gasteiger partial charge is 0.261 e. The molecule has 29 heavy (non-hydrogen) atoms. The lowest BCUT2D eigenvalue weighted by atomic mass is 10.1. The molecule has 1 N–H and O–H groups in total. The van der Waals surface area contributed by atoms with Crippen molar-refractivity contribution >= 4 is 29.1 Å². The van der Waals surface area contributed by atoms with E-state index in [1.165, 1.54) is 29.4 Å². The number of halogens is 3. The number of aromatic nitrogens is 1. The van der Waals surface area contributed by atoms with Gasteiger partial charge in [-0.3, -0.25) is 9.59 Å². The lowest BCUT2D eigenvalue weighted by Gasteiger charge is -2.33. The number of morpholine rings is 1. The number of aromatic amines is 1. The maximum Gasteiger partial charge on any atom is 0.261 e. The molecular formula is C20H15Cl2FN2O4. The average Bonchev–Trinajstić information content (AvgIpc) is 3.25. The number of carbonyl (C=O) groups excluding carboxylic acids is 1. The monoisotopic (exact) mass is 436 g/mol. The second-order valence-corrected chi connectivity index (χ2v) is 7.30. The van der Waals surface area contributed by atoms with Crippen LogP contribution in [0, 0.1) is 5.82 Å². The average molecular weight is 437 g/mol. The van der Waals surface area contributed by atoms with Crippen LogP contribution in [0.2, 0.25) is 10.0 Å². The van der Waals surface area contributed by atoms with E-state index in [4.69, 9.17) is 32.4 Å². The van der Waals surface area contributed by atoms with Crippen molar-refractivity contribution in [1.29, 1.82) is 0 Å². The number of benzene rings is 1. The first-order valence-electron chi connectivity index (χ1n) is 8.76. The summed E-state index contributed by atoms with van der Waals surface area (Å²) in [4.78, 5) is 29.5. The van der Waals surface area contributed by atoms with Gasteiger partial charge in [-0.1, -0.05) is 23.2 Å². The number of nitrogens with zero attached hydrogens (tertiary/aromatic N) is 1. The quantitative estimate of drug-likeness (QED) is 0.621. The first-order chi connectivity index (χ1) is 13.9. The number of pyridine rings is 1. The highest BCUT2D eigenvalue weighted by Gasteiger charge is 2.29. The van der Waals surface area contributed by atoms with Crippen molar-refractivity contribution in [3.8, 4) is 11.5 Å². The summed E-state index contributed by atoms with van der Waals surface area (Å²) in [5.74, 6) is -0.578. The molecule has 1 fully saturated rings. The predicted octanol–water partition coefficient (Wildman–Crippen LogP) is 4.29. The lowest BCUT2D eigenvalue weighted by Crippen LogP contribution is -2.44. The van der Waals surface area contributed by atoms with Crippen molar-refractivity contribution in [2.45, 2.75) is 6.10 Å². The highest BCUT2D eigenvalue weighted by Crippen LogP contribution is 2.32. The number of amides is 1. The van der Waals surface area contributed by atoms with E-state index in [2.05, 4.69) is 4.98 Å². The van der Waals surface area contributed by atoms with Crippen LogP contribution in [0.1, 0.15) is 22.0 Å². The zero-order valence-electron chi connectivity index (χ0n) is 15.0. The van der Waals surface area contributed by atoms with Crippen LogP contribution in [-0.4, -0.2) is 35.5 Å². The third-order valence-electron chi connectivity index (χ3n) is 4.67. The largest absolute Gasteiger partial charge is 0.463 e. The molecule has 1 atom stereocenters. The standard InChI is InChI=1S/C20H15Cl2FN2O4/c21-13-9-14(22)15(23)8-12(13)18-10-25(5-7-29-18)20(27)11-3-4-16(24-19(11)26)17-2-1-6-28-17/h1-4,6,8-9,18H,5,7,10H2,(H,24,26). The number of carbonyl (C=O) groups is 1. The van der Waals surface area contributed by atoms with E-state index in [1.54, 1.807) is 18.2 Å². The summed E-state index contributed by atoms with van der Waals surface area (Å²) in [5.41, 5.74) is 0.338. The minimum Gasteiger partial charge on any atom is -0.463 e. The zero-order chi connectivity index (χ0) is 20.5. The molecule has 1 aromatic carbocycles. The van der Waals surface area contributed by atoms with E-state index in [0.29, 0.717) is 23.6 Å². The number of rotatable bonds is 3. The van der Waals surface area contributed by atoms with Gasteiger partial charge >= 0.3 is 0 Å². The van der Waals surface area contributed by atoms with Crippen LogP contribution in [0.5, 0.6) is 0 Å². The Morgan fingerprint density at radius 1 is 1.21 bits per heavy atom. The molecule has 2 aromatic heterocycles. The predicted molar refractivity (Wildman–Crippen MR) is 106 cm³/mol. The number of ether oxygens (including phenoxy) is 1. The van der Waals surface area contributed by atoms with Crippen LogP contribution in [0.3, 0.4) is 0 Å². The molecule has 150 valence electrons. The van der Waals surface area contributed by atoms with Gasteiger partial charge in [0.15, 0.2) is 0 Å². The second kappa shape index (κ2) is 8.02. The zero-order valence-corrected chi connectivity index (χ0v) is 16.5. The summed E-state index contributed by atoms with van der Waals surface area (Å²) in [6.07, 6.45) is 0.860. The molecule has 1 saturated heterocycles. The van der Waals surface area contributed by atoms with Crippen LogP contribution in [0.25, 0.3) is 11.5 Å². The van der Waals surface area contributed by atoms with Gasteiger partial charge in [0.25, 0.3) is 11.5 Å². The number of H-pyrrole nitrogens is 1. The summed E-state index contributed by atoms with van der Waals surface area (Å²) in [7, 11) is 0. The molecule has 6 nitrogen and oxygen atoms in total. The Bertz CT molecular complexity index is 1110. The van der Waals surface area contributed by atoms with E-state index >= 15 is 0 Å². The van der Waals surface area contributed by atoms with E-state index in [1.807, 2.05) is 0 Å². The van der Waals surface area contributed by atoms with Gasteiger partial charge in [-0.05, 0) is 36.4 Å². The van der Waals surface area contributed by atoms with Gasteiger partial charge in [0.1, 0.15) is 23.2 Å². The Morgan fingerprint density at radius 3 is 2.76 bits per heavy atom. The third-order valence-corrected chi connectivity index (χ3v) is 5.28. The van der Waals surface area contributed by atoms with Gasteiger partial charge in [-0.15, -0.1) is 0 Å². The molecule has 0 bridgehead atoms. The normalized spacial score (nSPS) is 16.8. The third kappa shape index (κ3) is 3.94. The summed E-state index contributed by atoms with van der Waals surface area (Å²) < 4.78 is 24.8. The van der Waals surface area contributed by atoms with Crippen molar-refractivity contribution in [3.63, 3.8) is 0 Å². The highest BCUT2D eigenvalue weighted by atomic mass is 35.5. The highest BCUT2D eigenvalue weighted by molar-refractivity contribution is 6.35. The van der Waals surface area contributed by atoms with Gasteiger partial charge in [0.05, 0.1) is 30.1 Å². The first kappa shape index (κ1) is 19.7. The molecular weight excluding hydrogens is 422 g/mol. The lowest BCUT2D eigenvalue weighted by molar-refractivity contribution is -0.0229. The molecule has 0 spiro atoms. The Kier molecular flexibility index (Phi) is 5.45.